The van der Waals surface area contributed by atoms with Crippen molar-refractivity contribution < 1.29 is 4.52 Å². The summed E-state index contributed by atoms with van der Waals surface area (Å²) in [5, 5.41) is 4.15. The molecule has 5 nitrogen and oxygen atoms in total. The fourth-order valence-corrected chi connectivity index (χ4v) is 3.62. The highest BCUT2D eigenvalue weighted by Crippen LogP contribution is 2.31. The van der Waals surface area contributed by atoms with E-state index in [1.54, 1.807) is 0 Å². The first-order valence-electron chi connectivity index (χ1n) is 6.64. The van der Waals surface area contributed by atoms with Gasteiger partial charge in [0, 0.05) is 23.7 Å². The van der Waals surface area contributed by atoms with Crippen LogP contribution in [0.3, 0.4) is 0 Å². The zero-order valence-electron chi connectivity index (χ0n) is 11.7. The Morgan fingerprint density at radius 2 is 2.30 bits per heavy atom. The second kappa shape index (κ2) is 5.46. The normalized spacial score (nSPS) is 20.2. The van der Waals surface area contributed by atoms with Crippen LogP contribution in [0.5, 0.6) is 0 Å². The van der Waals surface area contributed by atoms with E-state index in [1.165, 1.54) is 0 Å². The number of hydrogen-bond donors (Lipinski definition) is 1. The zero-order valence-corrected chi connectivity index (χ0v) is 12.5. The van der Waals surface area contributed by atoms with Gasteiger partial charge in [0.15, 0.2) is 5.82 Å². The highest BCUT2D eigenvalue weighted by Gasteiger charge is 2.26. The molecule has 1 aliphatic rings. The predicted molar refractivity (Wildman–Crippen MR) is 81.6 cm³/mol. The van der Waals surface area contributed by atoms with Crippen LogP contribution in [0.1, 0.15) is 17.4 Å². The molecule has 1 aromatic heterocycles. The second-order valence-electron chi connectivity index (χ2n) is 5.07. The first-order chi connectivity index (χ1) is 9.66. The Bertz CT molecular complexity index is 593. The van der Waals surface area contributed by atoms with Gasteiger partial charge < -0.3 is 10.3 Å². The standard InChI is InChI=1S/C14H18N4OS/c1-9-4-3-5-10(15)12(9)14-16-13(17-19-14)11-8-20-7-6-18(11)2/h3-5,11H,6-8,15H2,1-2H3. The van der Waals surface area contributed by atoms with E-state index in [0.29, 0.717) is 11.6 Å². The molecule has 2 heterocycles. The molecule has 6 heteroatoms. The number of nitrogen functional groups attached to an aromatic ring is 1. The lowest BCUT2D eigenvalue weighted by Gasteiger charge is -2.29. The third-order valence-electron chi connectivity index (χ3n) is 3.65. The molecular weight excluding hydrogens is 272 g/mol. The van der Waals surface area contributed by atoms with E-state index in [-0.39, 0.29) is 6.04 Å². The predicted octanol–water partition coefficient (Wildman–Crippen LogP) is 2.35. The lowest BCUT2D eigenvalue weighted by molar-refractivity contribution is 0.257. The van der Waals surface area contributed by atoms with Crippen LogP contribution < -0.4 is 5.73 Å². The van der Waals surface area contributed by atoms with Crippen LogP contribution in [0.25, 0.3) is 11.5 Å². The van der Waals surface area contributed by atoms with E-state index >= 15 is 0 Å². The van der Waals surface area contributed by atoms with E-state index in [4.69, 9.17) is 10.3 Å². The van der Waals surface area contributed by atoms with E-state index in [1.807, 2.05) is 36.9 Å². The first-order valence-corrected chi connectivity index (χ1v) is 7.79. The Morgan fingerprint density at radius 1 is 1.45 bits per heavy atom. The van der Waals surface area contributed by atoms with E-state index in [9.17, 15) is 0 Å². The zero-order chi connectivity index (χ0) is 14.1. The molecule has 106 valence electrons. The summed E-state index contributed by atoms with van der Waals surface area (Å²) in [5.74, 6) is 3.41. The number of aromatic nitrogens is 2. The fourth-order valence-electron chi connectivity index (χ4n) is 2.41. The molecule has 1 aromatic carbocycles. The van der Waals surface area contributed by atoms with Crippen molar-refractivity contribution in [2.75, 3.05) is 30.8 Å². The molecule has 0 radical (unpaired) electrons. The minimum Gasteiger partial charge on any atom is -0.398 e. The van der Waals surface area contributed by atoms with Crippen LogP contribution in [-0.4, -0.2) is 40.1 Å². The van der Waals surface area contributed by atoms with Gasteiger partial charge in [0.2, 0.25) is 0 Å². The maximum Gasteiger partial charge on any atom is 0.260 e. The largest absolute Gasteiger partial charge is 0.398 e. The Morgan fingerprint density at radius 3 is 3.05 bits per heavy atom. The molecule has 0 bridgehead atoms. The summed E-state index contributed by atoms with van der Waals surface area (Å²) in [6.07, 6.45) is 0. The summed E-state index contributed by atoms with van der Waals surface area (Å²) in [6.45, 7) is 3.05. The van der Waals surface area contributed by atoms with Crippen molar-refractivity contribution in [2.45, 2.75) is 13.0 Å². The van der Waals surface area contributed by atoms with Crippen molar-refractivity contribution in [3.63, 3.8) is 0 Å². The van der Waals surface area contributed by atoms with Gasteiger partial charge in [-0.15, -0.1) is 0 Å². The molecule has 1 saturated heterocycles. The smallest absolute Gasteiger partial charge is 0.260 e. The lowest BCUT2D eigenvalue weighted by atomic mass is 10.1. The van der Waals surface area contributed by atoms with E-state index in [0.717, 1.165) is 35.0 Å². The second-order valence-corrected chi connectivity index (χ2v) is 6.22. The molecule has 0 spiro atoms. The first kappa shape index (κ1) is 13.5. The minimum absolute atomic E-state index is 0.219. The molecule has 0 aliphatic carbocycles. The Hall–Kier alpha value is -1.53. The summed E-state index contributed by atoms with van der Waals surface area (Å²) in [6, 6.07) is 6.00. The molecule has 2 aromatic rings. The molecule has 3 rings (SSSR count). The summed E-state index contributed by atoms with van der Waals surface area (Å²) >= 11 is 1.92. The van der Waals surface area contributed by atoms with Crippen molar-refractivity contribution >= 4 is 17.4 Å². The van der Waals surface area contributed by atoms with Crippen LogP contribution in [0, 0.1) is 6.92 Å². The molecule has 1 fully saturated rings. The van der Waals surface area contributed by atoms with Crippen LogP contribution in [0.4, 0.5) is 5.69 Å². The van der Waals surface area contributed by atoms with Gasteiger partial charge in [0.25, 0.3) is 5.89 Å². The molecule has 1 unspecified atom stereocenters. The van der Waals surface area contributed by atoms with Gasteiger partial charge >= 0.3 is 0 Å². The Balaban J connectivity index is 1.94. The number of thioether (sulfide) groups is 1. The Labute approximate surface area is 122 Å². The summed E-state index contributed by atoms with van der Waals surface area (Å²) in [4.78, 5) is 6.83. The third-order valence-corrected chi connectivity index (χ3v) is 4.68. The van der Waals surface area contributed by atoms with Crippen molar-refractivity contribution in [2.24, 2.45) is 0 Å². The quantitative estimate of drug-likeness (QED) is 0.856. The summed E-state index contributed by atoms with van der Waals surface area (Å²) in [5.41, 5.74) is 8.59. The van der Waals surface area contributed by atoms with Gasteiger partial charge in [-0.3, -0.25) is 4.90 Å². The molecule has 20 heavy (non-hydrogen) atoms. The van der Waals surface area contributed by atoms with E-state index in [2.05, 4.69) is 22.1 Å². The molecule has 0 amide bonds. The van der Waals surface area contributed by atoms with Crippen LogP contribution in [-0.2, 0) is 0 Å². The van der Waals surface area contributed by atoms with Gasteiger partial charge in [0.1, 0.15) is 0 Å². The number of benzene rings is 1. The van der Waals surface area contributed by atoms with Crippen molar-refractivity contribution in [1.29, 1.82) is 0 Å². The lowest BCUT2D eigenvalue weighted by Crippen LogP contribution is -2.33. The van der Waals surface area contributed by atoms with Crippen LogP contribution in [0.15, 0.2) is 22.7 Å². The van der Waals surface area contributed by atoms with Crippen molar-refractivity contribution in [3.8, 4) is 11.5 Å². The average Bonchev–Trinajstić information content (AvgIpc) is 2.88. The maximum atomic E-state index is 6.03. The van der Waals surface area contributed by atoms with E-state index < -0.39 is 0 Å². The summed E-state index contributed by atoms with van der Waals surface area (Å²) < 4.78 is 5.44. The number of nitrogens with two attached hydrogens (primary N) is 1. The molecular formula is C14H18N4OS. The average molecular weight is 290 g/mol. The SMILES string of the molecule is Cc1cccc(N)c1-c1nc(C2CSCCN2C)no1. The van der Waals surface area contributed by atoms with Gasteiger partial charge in [-0.1, -0.05) is 17.3 Å². The molecule has 0 saturated carbocycles. The molecule has 1 atom stereocenters. The third kappa shape index (κ3) is 2.41. The van der Waals surface area contributed by atoms with Crippen molar-refractivity contribution in [1.82, 2.24) is 15.0 Å². The molecule has 2 N–H and O–H groups in total. The molecule has 1 aliphatic heterocycles. The number of rotatable bonds is 2. The fraction of sp³-hybridized carbons (Fsp3) is 0.429. The van der Waals surface area contributed by atoms with Crippen LogP contribution >= 0.6 is 11.8 Å². The van der Waals surface area contributed by atoms with Crippen molar-refractivity contribution in [3.05, 3.63) is 29.6 Å². The van der Waals surface area contributed by atoms with Gasteiger partial charge in [-0.05, 0) is 25.6 Å². The van der Waals surface area contributed by atoms with Gasteiger partial charge in [-0.2, -0.15) is 16.7 Å². The number of aryl methyl sites for hydroxylation is 1. The topological polar surface area (TPSA) is 68.2 Å². The Kier molecular flexibility index (Phi) is 3.67. The number of nitrogens with zero attached hydrogens (tertiary/aromatic N) is 3. The number of anilines is 1. The maximum absolute atomic E-state index is 6.03. The van der Waals surface area contributed by atoms with Gasteiger partial charge in [-0.25, -0.2) is 0 Å². The van der Waals surface area contributed by atoms with Gasteiger partial charge in [0.05, 0.1) is 11.6 Å². The number of hydrogen-bond acceptors (Lipinski definition) is 6. The highest BCUT2D eigenvalue weighted by molar-refractivity contribution is 7.99. The summed E-state index contributed by atoms with van der Waals surface area (Å²) in [7, 11) is 2.10. The minimum atomic E-state index is 0.219. The highest BCUT2D eigenvalue weighted by atomic mass is 32.2. The monoisotopic (exact) mass is 290 g/mol. The van der Waals surface area contributed by atoms with Crippen LogP contribution in [0.2, 0.25) is 0 Å².